The molecule has 0 aliphatic rings. The quantitative estimate of drug-likeness (QED) is 0.414. The first-order valence-corrected chi connectivity index (χ1v) is 10.4. The van der Waals surface area contributed by atoms with Crippen molar-refractivity contribution in [3.8, 4) is 11.4 Å². The fraction of sp³-hybridized carbons (Fsp3) is 0.136. The van der Waals surface area contributed by atoms with Gasteiger partial charge in [0.15, 0.2) is 11.0 Å². The third kappa shape index (κ3) is 5.00. The largest absolute Gasteiger partial charge is 0.467 e. The molecule has 2 heterocycles. The van der Waals surface area contributed by atoms with E-state index in [0.29, 0.717) is 23.3 Å². The van der Waals surface area contributed by atoms with Gasteiger partial charge in [0, 0.05) is 11.6 Å². The number of anilines is 1. The number of thioether (sulfide) groups is 1. The predicted octanol–water partition coefficient (Wildman–Crippen LogP) is 4.90. The standard InChI is InChI=1S/C22H18F2N4O2S/c1-14-4-6-15(7-5-14)21-26-27-22(28(21)12-17-3-2-10-30-17)31-13-20(29)25-19-9-8-16(23)11-18(19)24/h2-11H,12-13H2,1H3,(H,25,29). The van der Waals surface area contributed by atoms with Crippen LogP contribution in [0.3, 0.4) is 0 Å². The second kappa shape index (κ2) is 9.13. The second-order valence-corrected chi connectivity index (χ2v) is 7.74. The molecule has 4 aromatic rings. The Hall–Kier alpha value is -3.46. The molecule has 158 valence electrons. The van der Waals surface area contributed by atoms with Crippen LogP contribution < -0.4 is 5.32 Å². The fourth-order valence-corrected chi connectivity index (χ4v) is 3.66. The van der Waals surface area contributed by atoms with Crippen molar-refractivity contribution in [2.75, 3.05) is 11.1 Å². The lowest BCUT2D eigenvalue weighted by atomic mass is 10.1. The number of aromatic nitrogens is 3. The van der Waals surface area contributed by atoms with Crippen LogP contribution in [0.25, 0.3) is 11.4 Å². The van der Waals surface area contributed by atoms with Crippen LogP contribution in [0.4, 0.5) is 14.5 Å². The maximum Gasteiger partial charge on any atom is 0.234 e. The van der Waals surface area contributed by atoms with Crippen LogP contribution in [-0.2, 0) is 11.3 Å². The predicted molar refractivity (Wildman–Crippen MR) is 114 cm³/mol. The molecule has 31 heavy (non-hydrogen) atoms. The van der Waals surface area contributed by atoms with Crippen molar-refractivity contribution in [2.45, 2.75) is 18.6 Å². The molecule has 1 N–H and O–H groups in total. The Balaban J connectivity index is 1.53. The van der Waals surface area contributed by atoms with Gasteiger partial charge < -0.3 is 9.73 Å². The zero-order chi connectivity index (χ0) is 21.8. The van der Waals surface area contributed by atoms with Gasteiger partial charge in [0.2, 0.25) is 5.91 Å². The summed E-state index contributed by atoms with van der Waals surface area (Å²) in [5.74, 6) is -0.654. The third-order valence-corrected chi connectivity index (χ3v) is 5.43. The van der Waals surface area contributed by atoms with E-state index in [-0.39, 0.29) is 11.4 Å². The van der Waals surface area contributed by atoms with E-state index in [4.69, 9.17) is 4.42 Å². The Labute approximate surface area is 181 Å². The summed E-state index contributed by atoms with van der Waals surface area (Å²) in [6.07, 6.45) is 1.59. The highest BCUT2D eigenvalue weighted by molar-refractivity contribution is 7.99. The van der Waals surface area contributed by atoms with Crippen LogP contribution in [0, 0.1) is 18.6 Å². The first-order chi connectivity index (χ1) is 15.0. The van der Waals surface area contributed by atoms with Crippen LogP contribution in [0.1, 0.15) is 11.3 Å². The highest BCUT2D eigenvalue weighted by Crippen LogP contribution is 2.26. The van der Waals surface area contributed by atoms with Crippen molar-refractivity contribution >= 4 is 23.4 Å². The van der Waals surface area contributed by atoms with Gasteiger partial charge in [-0.3, -0.25) is 9.36 Å². The lowest BCUT2D eigenvalue weighted by Gasteiger charge is -2.10. The van der Waals surface area contributed by atoms with E-state index in [9.17, 15) is 13.6 Å². The van der Waals surface area contributed by atoms with Gasteiger partial charge in [-0.1, -0.05) is 41.6 Å². The number of furan rings is 1. The molecule has 2 aromatic heterocycles. The second-order valence-electron chi connectivity index (χ2n) is 6.80. The number of carbonyl (C=O) groups is 1. The van der Waals surface area contributed by atoms with E-state index >= 15 is 0 Å². The molecule has 0 radical (unpaired) electrons. The topological polar surface area (TPSA) is 73.0 Å². The minimum Gasteiger partial charge on any atom is -0.467 e. The molecule has 0 aliphatic heterocycles. The Bertz CT molecular complexity index is 1190. The molecule has 4 rings (SSSR count). The molecule has 0 saturated carbocycles. The van der Waals surface area contributed by atoms with E-state index in [1.807, 2.05) is 41.8 Å². The van der Waals surface area contributed by atoms with Crippen molar-refractivity contribution in [1.82, 2.24) is 14.8 Å². The summed E-state index contributed by atoms with van der Waals surface area (Å²) >= 11 is 1.16. The van der Waals surface area contributed by atoms with Crippen LogP contribution in [0.2, 0.25) is 0 Å². The minimum atomic E-state index is -0.832. The van der Waals surface area contributed by atoms with E-state index in [2.05, 4.69) is 15.5 Å². The molecule has 0 saturated heterocycles. The van der Waals surface area contributed by atoms with E-state index < -0.39 is 17.5 Å². The molecule has 0 fully saturated rings. The maximum absolute atomic E-state index is 13.8. The molecule has 2 aromatic carbocycles. The Morgan fingerprint density at radius 2 is 1.94 bits per heavy atom. The Kier molecular flexibility index (Phi) is 6.13. The van der Waals surface area contributed by atoms with Crippen LogP contribution in [-0.4, -0.2) is 26.4 Å². The summed E-state index contributed by atoms with van der Waals surface area (Å²) in [4.78, 5) is 12.3. The average Bonchev–Trinajstić information content (AvgIpc) is 3.40. The zero-order valence-corrected chi connectivity index (χ0v) is 17.3. The number of hydrogen-bond acceptors (Lipinski definition) is 5. The molecule has 0 bridgehead atoms. The Morgan fingerprint density at radius 1 is 1.13 bits per heavy atom. The van der Waals surface area contributed by atoms with Crippen LogP contribution >= 0.6 is 11.8 Å². The molecular weight excluding hydrogens is 422 g/mol. The number of amides is 1. The van der Waals surface area contributed by atoms with Gasteiger partial charge in [-0.25, -0.2) is 8.78 Å². The number of hydrogen-bond donors (Lipinski definition) is 1. The Morgan fingerprint density at radius 3 is 2.65 bits per heavy atom. The molecule has 0 unspecified atom stereocenters. The van der Waals surface area contributed by atoms with Crippen molar-refractivity contribution < 1.29 is 18.0 Å². The van der Waals surface area contributed by atoms with E-state index in [1.165, 1.54) is 6.07 Å². The average molecular weight is 440 g/mol. The highest BCUT2D eigenvalue weighted by atomic mass is 32.2. The van der Waals surface area contributed by atoms with E-state index in [1.54, 1.807) is 12.3 Å². The molecule has 6 nitrogen and oxygen atoms in total. The lowest BCUT2D eigenvalue weighted by Crippen LogP contribution is -2.16. The number of rotatable bonds is 7. The van der Waals surface area contributed by atoms with Gasteiger partial charge in [-0.15, -0.1) is 10.2 Å². The minimum absolute atomic E-state index is 0.0268. The summed E-state index contributed by atoms with van der Waals surface area (Å²) in [5, 5.41) is 11.5. The summed E-state index contributed by atoms with van der Waals surface area (Å²) < 4.78 is 34.1. The molecule has 0 spiro atoms. The monoisotopic (exact) mass is 440 g/mol. The smallest absolute Gasteiger partial charge is 0.234 e. The number of carbonyl (C=O) groups excluding carboxylic acids is 1. The number of nitrogens with zero attached hydrogens (tertiary/aromatic N) is 3. The highest BCUT2D eigenvalue weighted by Gasteiger charge is 2.17. The molecule has 0 atom stereocenters. The molecule has 1 amide bonds. The lowest BCUT2D eigenvalue weighted by molar-refractivity contribution is -0.113. The number of benzene rings is 2. The molecule has 9 heteroatoms. The number of aryl methyl sites for hydroxylation is 1. The first kappa shape index (κ1) is 20.8. The zero-order valence-electron chi connectivity index (χ0n) is 16.5. The number of nitrogens with one attached hydrogen (secondary N) is 1. The van der Waals surface area contributed by atoms with Crippen molar-refractivity contribution in [2.24, 2.45) is 0 Å². The van der Waals surface area contributed by atoms with Gasteiger partial charge in [0.25, 0.3) is 0 Å². The maximum atomic E-state index is 13.8. The third-order valence-electron chi connectivity index (χ3n) is 4.46. The first-order valence-electron chi connectivity index (χ1n) is 9.40. The summed E-state index contributed by atoms with van der Waals surface area (Å²) in [6.45, 7) is 2.39. The van der Waals surface area contributed by atoms with Gasteiger partial charge in [-0.2, -0.15) is 0 Å². The van der Waals surface area contributed by atoms with Crippen molar-refractivity contribution in [3.63, 3.8) is 0 Å². The number of halogens is 2. The van der Waals surface area contributed by atoms with Crippen molar-refractivity contribution in [1.29, 1.82) is 0 Å². The molecule has 0 aliphatic carbocycles. The van der Waals surface area contributed by atoms with Gasteiger partial charge in [0.05, 0.1) is 24.2 Å². The van der Waals surface area contributed by atoms with Gasteiger partial charge in [0.1, 0.15) is 17.4 Å². The van der Waals surface area contributed by atoms with Crippen LogP contribution in [0.15, 0.2) is 70.4 Å². The summed E-state index contributed by atoms with van der Waals surface area (Å²) in [5.41, 5.74) is 1.93. The summed E-state index contributed by atoms with van der Waals surface area (Å²) in [6, 6.07) is 14.5. The normalized spacial score (nSPS) is 10.9. The van der Waals surface area contributed by atoms with Crippen molar-refractivity contribution in [3.05, 3.63) is 83.8 Å². The molecular formula is C22H18F2N4O2S. The van der Waals surface area contributed by atoms with Crippen LogP contribution in [0.5, 0.6) is 0 Å². The SMILES string of the molecule is Cc1ccc(-c2nnc(SCC(=O)Nc3ccc(F)cc3F)n2Cc2ccco2)cc1. The fourth-order valence-electron chi connectivity index (χ4n) is 2.92. The van der Waals surface area contributed by atoms with Gasteiger partial charge >= 0.3 is 0 Å². The van der Waals surface area contributed by atoms with Gasteiger partial charge in [-0.05, 0) is 31.2 Å². The summed E-state index contributed by atoms with van der Waals surface area (Å²) in [7, 11) is 0. The van der Waals surface area contributed by atoms with E-state index in [0.717, 1.165) is 35.0 Å².